The molecule has 0 aromatic heterocycles. The molecule has 1 saturated carbocycles. The lowest BCUT2D eigenvalue weighted by Crippen LogP contribution is -2.38. The molecular weight excluding hydrogens is 433 g/mol. The summed E-state index contributed by atoms with van der Waals surface area (Å²) >= 11 is 6.16. The normalized spacial score (nSPS) is 17.2. The summed E-state index contributed by atoms with van der Waals surface area (Å²) < 4.78 is 13.2. The topological polar surface area (TPSA) is 69.7 Å². The van der Waals surface area contributed by atoms with Gasteiger partial charge in [0.05, 0.1) is 5.69 Å². The van der Waals surface area contributed by atoms with Crippen LogP contribution in [0.25, 0.3) is 0 Å². The molecule has 0 saturated heterocycles. The van der Waals surface area contributed by atoms with Crippen molar-refractivity contribution in [1.82, 2.24) is 4.90 Å². The van der Waals surface area contributed by atoms with Crippen molar-refractivity contribution in [2.24, 2.45) is 0 Å². The highest BCUT2D eigenvalue weighted by atomic mass is 35.5. The maximum absolute atomic E-state index is 13.2. The number of nitrogens with one attached hydrogen (secondary N) is 1. The third-order valence-corrected chi connectivity index (χ3v) is 6.28. The Bertz CT molecular complexity index is 1090. The van der Waals surface area contributed by atoms with Crippen LogP contribution in [0, 0.1) is 5.82 Å². The zero-order valence-corrected chi connectivity index (χ0v) is 18.4. The third-order valence-electron chi connectivity index (χ3n) is 5.93. The van der Waals surface area contributed by atoms with Crippen molar-refractivity contribution < 1.29 is 18.8 Å². The number of amides is 3. The fourth-order valence-electron chi connectivity index (χ4n) is 4.15. The molecule has 1 heterocycles. The van der Waals surface area contributed by atoms with Gasteiger partial charge in [0, 0.05) is 24.3 Å². The van der Waals surface area contributed by atoms with Crippen molar-refractivity contribution in [1.29, 1.82) is 0 Å². The molecular formula is C24H23ClFN3O3. The lowest BCUT2D eigenvalue weighted by Gasteiger charge is -2.31. The average Bonchev–Trinajstić information content (AvgIpc) is 3.02. The number of benzene rings is 2. The predicted octanol–water partition coefficient (Wildman–Crippen LogP) is 4.67. The number of imide groups is 1. The minimum atomic E-state index is -0.699. The van der Waals surface area contributed by atoms with Crippen LogP contribution in [0.4, 0.5) is 15.8 Å². The Morgan fingerprint density at radius 1 is 1.06 bits per heavy atom. The number of nitrogens with zero attached hydrogens (tertiary/aromatic N) is 2. The highest BCUT2D eigenvalue weighted by Gasteiger charge is 2.39. The molecule has 8 heteroatoms. The molecule has 2 aromatic rings. The van der Waals surface area contributed by atoms with E-state index in [0.29, 0.717) is 11.3 Å². The second-order valence-corrected chi connectivity index (χ2v) is 8.40. The second-order valence-electron chi connectivity index (χ2n) is 8.02. The molecule has 0 spiro atoms. The molecule has 32 heavy (non-hydrogen) atoms. The van der Waals surface area contributed by atoms with Crippen LogP contribution in [0.3, 0.4) is 0 Å². The number of hydrogen-bond donors (Lipinski definition) is 1. The van der Waals surface area contributed by atoms with E-state index >= 15 is 0 Å². The highest BCUT2D eigenvalue weighted by Crippen LogP contribution is 2.30. The summed E-state index contributed by atoms with van der Waals surface area (Å²) in [6, 6.07) is 12.0. The van der Waals surface area contributed by atoms with Crippen LogP contribution in [0.1, 0.15) is 42.5 Å². The second kappa shape index (κ2) is 9.12. The summed E-state index contributed by atoms with van der Waals surface area (Å²) in [6.07, 6.45) is 5.45. The smallest absolute Gasteiger partial charge is 0.283 e. The minimum Gasteiger partial charge on any atom is -0.350 e. The van der Waals surface area contributed by atoms with Crippen LogP contribution >= 0.6 is 11.6 Å². The first-order valence-corrected chi connectivity index (χ1v) is 10.9. The van der Waals surface area contributed by atoms with Crippen LogP contribution in [-0.2, 0) is 9.59 Å². The first-order valence-electron chi connectivity index (χ1n) is 10.5. The fourth-order valence-corrected chi connectivity index (χ4v) is 4.36. The highest BCUT2D eigenvalue weighted by molar-refractivity contribution is 6.53. The molecule has 1 aliphatic heterocycles. The van der Waals surface area contributed by atoms with E-state index in [1.165, 1.54) is 18.6 Å². The summed E-state index contributed by atoms with van der Waals surface area (Å²) in [7, 11) is 1.82. The van der Waals surface area contributed by atoms with Crippen molar-refractivity contribution in [3.63, 3.8) is 0 Å². The molecule has 1 fully saturated rings. The van der Waals surface area contributed by atoms with Gasteiger partial charge in [-0.2, -0.15) is 0 Å². The van der Waals surface area contributed by atoms with E-state index in [-0.39, 0.29) is 28.4 Å². The van der Waals surface area contributed by atoms with E-state index in [9.17, 15) is 18.8 Å². The predicted molar refractivity (Wildman–Crippen MR) is 121 cm³/mol. The molecule has 0 radical (unpaired) electrons. The van der Waals surface area contributed by atoms with Gasteiger partial charge in [-0.3, -0.25) is 14.4 Å². The van der Waals surface area contributed by atoms with Crippen molar-refractivity contribution in [3.05, 3.63) is 70.6 Å². The molecule has 0 unspecified atom stereocenters. The van der Waals surface area contributed by atoms with Gasteiger partial charge in [0.25, 0.3) is 17.7 Å². The summed E-state index contributed by atoms with van der Waals surface area (Å²) in [5.41, 5.74) is 1.07. The molecule has 0 atom stereocenters. The van der Waals surface area contributed by atoms with Gasteiger partial charge in [-0.15, -0.1) is 0 Å². The molecule has 1 N–H and O–H groups in total. The van der Waals surface area contributed by atoms with Crippen LogP contribution in [0.15, 0.2) is 59.3 Å². The van der Waals surface area contributed by atoms with Crippen LogP contribution in [0.2, 0.25) is 0 Å². The summed E-state index contributed by atoms with van der Waals surface area (Å²) in [5.74, 6) is -1.93. The number of halogens is 2. The number of carbonyl (C=O) groups excluding carboxylic acids is 3. The standard InChI is InChI=1S/C24H23ClFN3O3/c1-28(18-8-3-2-4-9-18)22(30)15-6-5-7-17(14-15)27-21-20(25)23(31)29(24(21)32)19-12-10-16(26)11-13-19/h5-7,10-14,18,27H,2-4,8-9H2,1H3. The van der Waals surface area contributed by atoms with Gasteiger partial charge in [-0.1, -0.05) is 36.9 Å². The van der Waals surface area contributed by atoms with E-state index in [2.05, 4.69) is 5.32 Å². The fraction of sp³-hybridized carbons (Fsp3) is 0.292. The SMILES string of the molecule is CN(C(=O)c1cccc(NC2=C(Cl)C(=O)N(c3ccc(F)cc3)C2=O)c1)C1CCCCC1. The first kappa shape index (κ1) is 22.0. The van der Waals surface area contributed by atoms with Crippen LogP contribution < -0.4 is 10.2 Å². The Hall–Kier alpha value is -3.19. The molecule has 2 aliphatic rings. The Morgan fingerprint density at radius 2 is 1.75 bits per heavy atom. The van der Waals surface area contributed by atoms with E-state index < -0.39 is 17.6 Å². The van der Waals surface area contributed by atoms with Crippen LogP contribution in [-0.4, -0.2) is 35.7 Å². The maximum atomic E-state index is 13.2. The average molecular weight is 456 g/mol. The largest absolute Gasteiger partial charge is 0.350 e. The molecule has 4 rings (SSSR count). The van der Waals surface area contributed by atoms with Crippen LogP contribution in [0.5, 0.6) is 0 Å². The monoisotopic (exact) mass is 455 g/mol. The number of hydrogen-bond acceptors (Lipinski definition) is 4. The minimum absolute atomic E-state index is 0.0915. The molecule has 166 valence electrons. The first-order chi connectivity index (χ1) is 15.4. The Kier molecular flexibility index (Phi) is 6.28. The Balaban J connectivity index is 1.52. The zero-order valence-electron chi connectivity index (χ0n) is 17.6. The summed E-state index contributed by atoms with van der Waals surface area (Å²) in [4.78, 5) is 41.1. The molecule has 2 aromatic carbocycles. The number of anilines is 2. The lowest BCUT2D eigenvalue weighted by molar-refractivity contribution is -0.120. The van der Waals surface area contributed by atoms with Crippen molar-refractivity contribution in [2.45, 2.75) is 38.1 Å². The summed E-state index contributed by atoms with van der Waals surface area (Å²) in [5, 5.41) is 2.62. The maximum Gasteiger partial charge on any atom is 0.283 e. The van der Waals surface area contributed by atoms with Gasteiger partial charge < -0.3 is 10.2 Å². The zero-order chi connectivity index (χ0) is 22.8. The van der Waals surface area contributed by atoms with Crippen molar-refractivity contribution in [2.75, 3.05) is 17.3 Å². The van der Waals surface area contributed by atoms with E-state index in [1.54, 1.807) is 29.2 Å². The molecule has 0 bridgehead atoms. The van der Waals surface area contributed by atoms with Gasteiger partial charge in [0.1, 0.15) is 16.5 Å². The molecule has 3 amide bonds. The lowest BCUT2D eigenvalue weighted by atomic mass is 9.94. The van der Waals surface area contributed by atoms with Gasteiger partial charge in [0.2, 0.25) is 0 Å². The van der Waals surface area contributed by atoms with Gasteiger partial charge in [0.15, 0.2) is 0 Å². The van der Waals surface area contributed by atoms with E-state index in [0.717, 1.165) is 42.7 Å². The van der Waals surface area contributed by atoms with E-state index in [1.807, 2.05) is 7.05 Å². The van der Waals surface area contributed by atoms with Gasteiger partial charge in [-0.05, 0) is 55.3 Å². The number of carbonyl (C=O) groups is 3. The van der Waals surface area contributed by atoms with Gasteiger partial charge in [-0.25, -0.2) is 9.29 Å². The Labute approximate surface area is 190 Å². The number of rotatable bonds is 5. The van der Waals surface area contributed by atoms with Crippen molar-refractivity contribution >= 4 is 40.7 Å². The molecule has 6 nitrogen and oxygen atoms in total. The quantitative estimate of drug-likeness (QED) is 0.665. The summed E-state index contributed by atoms with van der Waals surface area (Å²) in [6.45, 7) is 0. The van der Waals surface area contributed by atoms with Crippen molar-refractivity contribution in [3.8, 4) is 0 Å². The molecule has 1 aliphatic carbocycles. The van der Waals surface area contributed by atoms with E-state index in [4.69, 9.17) is 11.6 Å². The third kappa shape index (κ3) is 4.25. The van der Waals surface area contributed by atoms with Gasteiger partial charge >= 0.3 is 0 Å². The Morgan fingerprint density at radius 3 is 2.44 bits per heavy atom.